The van der Waals surface area contributed by atoms with Crippen LogP contribution in [0.15, 0.2) is 46.9 Å². The highest BCUT2D eigenvalue weighted by Gasteiger charge is 2.09. The minimum absolute atomic E-state index is 0.389. The van der Waals surface area contributed by atoms with Gasteiger partial charge in [-0.2, -0.15) is 0 Å². The number of hydrogen-bond donors (Lipinski definition) is 2. The van der Waals surface area contributed by atoms with E-state index >= 15 is 0 Å². The fraction of sp³-hybridized carbons (Fsp3) is 0.133. The first-order valence-electron chi connectivity index (χ1n) is 5.96. The number of halogens is 1. The average molecular weight is 335 g/mol. The van der Waals surface area contributed by atoms with Crippen molar-refractivity contribution in [2.45, 2.75) is 13.5 Å². The second-order valence-corrected chi connectivity index (χ2v) is 5.60. The number of benzene rings is 2. The molecule has 3 N–H and O–H groups in total. The number of anilines is 1. The van der Waals surface area contributed by atoms with Gasteiger partial charge in [-0.25, -0.2) is 0 Å². The Morgan fingerprint density at radius 2 is 1.95 bits per heavy atom. The molecule has 0 unspecified atom stereocenters. The zero-order chi connectivity index (χ0) is 13.8. The van der Waals surface area contributed by atoms with Gasteiger partial charge in [0.25, 0.3) is 0 Å². The topological polar surface area (TPSA) is 38.0 Å². The third kappa shape index (κ3) is 3.33. The van der Waals surface area contributed by atoms with Gasteiger partial charge in [0.2, 0.25) is 0 Å². The number of nitrogens with one attached hydrogen (secondary N) is 1. The maximum absolute atomic E-state index is 5.78. The highest BCUT2D eigenvalue weighted by molar-refractivity contribution is 9.10. The number of rotatable bonds is 4. The van der Waals surface area contributed by atoms with Crippen molar-refractivity contribution < 1.29 is 0 Å². The molecule has 0 aromatic heterocycles. The summed E-state index contributed by atoms with van der Waals surface area (Å²) < 4.78 is 0.912. The minimum atomic E-state index is 0.389. The van der Waals surface area contributed by atoms with Crippen molar-refractivity contribution in [3.63, 3.8) is 0 Å². The molecular formula is C15H15BrN2S. The zero-order valence-electron chi connectivity index (χ0n) is 10.6. The Morgan fingerprint density at radius 1 is 1.21 bits per heavy atom. The second-order valence-electron chi connectivity index (χ2n) is 4.31. The van der Waals surface area contributed by atoms with E-state index in [1.807, 2.05) is 30.3 Å². The van der Waals surface area contributed by atoms with Gasteiger partial charge < -0.3 is 11.1 Å². The monoisotopic (exact) mass is 334 g/mol. The molecule has 0 amide bonds. The maximum Gasteiger partial charge on any atom is 0.107 e. The van der Waals surface area contributed by atoms with Gasteiger partial charge in [-0.3, -0.25) is 0 Å². The molecule has 19 heavy (non-hydrogen) atoms. The first-order chi connectivity index (χ1) is 9.09. The summed E-state index contributed by atoms with van der Waals surface area (Å²) in [5, 5.41) is 3.40. The van der Waals surface area contributed by atoms with Crippen LogP contribution in [0.4, 0.5) is 5.69 Å². The Labute approximate surface area is 127 Å². The van der Waals surface area contributed by atoms with Crippen LogP contribution in [0.2, 0.25) is 0 Å². The molecule has 0 atom stereocenters. The van der Waals surface area contributed by atoms with Crippen molar-refractivity contribution >= 4 is 38.8 Å². The van der Waals surface area contributed by atoms with E-state index in [2.05, 4.69) is 40.3 Å². The lowest BCUT2D eigenvalue weighted by Gasteiger charge is -2.13. The summed E-state index contributed by atoms with van der Waals surface area (Å²) >= 11 is 8.58. The third-order valence-electron chi connectivity index (χ3n) is 2.99. The highest BCUT2D eigenvalue weighted by atomic mass is 79.9. The molecule has 0 saturated heterocycles. The fourth-order valence-electron chi connectivity index (χ4n) is 1.92. The quantitative estimate of drug-likeness (QED) is 0.830. The molecule has 0 aliphatic carbocycles. The summed E-state index contributed by atoms with van der Waals surface area (Å²) in [6, 6.07) is 14.2. The van der Waals surface area contributed by atoms with Gasteiger partial charge in [0, 0.05) is 22.3 Å². The van der Waals surface area contributed by atoms with E-state index in [0.29, 0.717) is 4.99 Å². The predicted octanol–water partition coefficient (Wildman–Crippen LogP) is 4.00. The summed E-state index contributed by atoms with van der Waals surface area (Å²) in [5.74, 6) is 0. The first-order valence-corrected chi connectivity index (χ1v) is 7.16. The maximum atomic E-state index is 5.78. The molecule has 0 aliphatic heterocycles. The lowest BCUT2D eigenvalue weighted by Crippen LogP contribution is -2.14. The predicted molar refractivity (Wildman–Crippen MR) is 88.5 cm³/mol. The molecule has 0 fully saturated rings. The van der Waals surface area contributed by atoms with Crippen LogP contribution >= 0.6 is 28.1 Å². The van der Waals surface area contributed by atoms with Gasteiger partial charge in [0.05, 0.1) is 0 Å². The normalized spacial score (nSPS) is 10.2. The fourth-order valence-corrected chi connectivity index (χ4v) is 2.85. The van der Waals surface area contributed by atoms with Gasteiger partial charge >= 0.3 is 0 Å². The van der Waals surface area contributed by atoms with Crippen LogP contribution in [0.1, 0.15) is 16.7 Å². The molecule has 0 spiro atoms. The van der Waals surface area contributed by atoms with E-state index in [-0.39, 0.29) is 0 Å². The van der Waals surface area contributed by atoms with Gasteiger partial charge in [0.15, 0.2) is 0 Å². The minimum Gasteiger partial charge on any atom is -0.389 e. The van der Waals surface area contributed by atoms with Crippen molar-refractivity contribution in [3.8, 4) is 0 Å². The van der Waals surface area contributed by atoms with Gasteiger partial charge in [-0.15, -0.1) is 0 Å². The van der Waals surface area contributed by atoms with Crippen LogP contribution in [0, 0.1) is 6.92 Å². The van der Waals surface area contributed by atoms with Crippen LogP contribution in [0.3, 0.4) is 0 Å². The van der Waals surface area contributed by atoms with Crippen molar-refractivity contribution in [3.05, 3.63) is 63.6 Å². The second kappa shape index (κ2) is 6.17. The molecule has 98 valence electrons. The van der Waals surface area contributed by atoms with Gasteiger partial charge in [0.1, 0.15) is 4.99 Å². The first kappa shape index (κ1) is 14.0. The summed E-state index contributed by atoms with van der Waals surface area (Å²) in [5.41, 5.74) is 10.1. The smallest absolute Gasteiger partial charge is 0.107 e. The molecule has 0 bridgehead atoms. The van der Waals surface area contributed by atoms with Crippen molar-refractivity contribution in [2.24, 2.45) is 5.73 Å². The van der Waals surface area contributed by atoms with Gasteiger partial charge in [-0.05, 0) is 46.1 Å². The van der Waals surface area contributed by atoms with Crippen LogP contribution in [-0.4, -0.2) is 4.99 Å². The molecule has 2 aromatic carbocycles. The summed E-state index contributed by atoms with van der Waals surface area (Å²) in [6.45, 7) is 2.85. The molecular weight excluding hydrogens is 320 g/mol. The van der Waals surface area contributed by atoms with Crippen molar-refractivity contribution in [1.82, 2.24) is 0 Å². The Morgan fingerprint density at radius 3 is 2.63 bits per heavy atom. The number of hydrogen-bond acceptors (Lipinski definition) is 2. The largest absolute Gasteiger partial charge is 0.389 e. The molecule has 0 aliphatic rings. The molecule has 2 nitrogen and oxygen atoms in total. The van der Waals surface area contributed by atoms with E-state index in [1.165, 1.54) is 11.1 Å². The Balaban J connectivity index is 2.23. The Kier molecular flexibility index (Phi) is 4.56. The lowest BCUT2D eigenvalue weighted by molar-refractivity contribution is 1.12. The zero-order valence-corrected chi connectivity index (χ0v) is 13.0. The summed E-state index contributed by atoms with van der Waals surface area (Å²) in [4.78, 5) is 0.389. The SMILES string of the molecule is Cc1ccccc1CNc1cccc(Br)c1C(N)=S. The molecule has 2 aromatic rings. The van der Waals surface area contributed by atoms with E-state index in [0.717, 1.165) is 22.3 Å². The van der Waals surface area contributed by atoms with Crippen LogP contribution in [0.5, 0.6) is 0 Å². The third-order valence-corrected chi connectivity index (χ3v) is 3.86. The van der Waals surface area contributed by atoms with E-state index < -0.39 is 0 Å². The standard InChI is InChI=1S/C15H15BrN2S/c1-10-5-2-3-6-11(10)9-18-13-8-4-7-12(16)14(13)15(17)19/h2-8,18H,9H2,1H3,(H2,17,19). The molecule has 0 heterocycles. The van der Waals surface area contributed by atoms with Crippen molar-refractivity contribution in [2.75, 3.05) is 5.32 Å². The Bertz CT molecular complexity index is 611. The molecule has 0 saturated carbocycles. The van der Waals surface area contributed by atoms with Gasteiger partial charge in [-0.1, -0.05) is 42.5 Å². The summed E-state index contributed by atoms with van der Waals surface area (Å²) in [7, 11) is 0. The van der Waals surface area contributed by atoms with E-state index in [1.54, 1.807) is 0 Å². The highest BCUT2D eigenvalue weighted by Crippen LogP contribution is 2.25. The molecule has 0 radical (unpaired) electrons. The van der Waals surface area contributed by atoms with E-state index in [9.17, 15) is 0 Å². The average Bonchev–Trinajstić information content (AvgIpc) is 2.37. The number of aryl methyl sites for hydroxylation is 1. The molecule has 2 rings (SSSR count). The summed E-state index contributed by atoms with van der Waals surface area (Å²) in [6.07, 6.45) is 0. The van der Waals surface area contributed by atoms with Crippen LogP contribution < -0.4 is 11.1 Å². The number of thiocarbonyl (C=S) groups is 1. The lowest BCUT2D eigenvalue weighted by atomic mass is 10.1. The Hall–Kier alpha value is -1.39. The van der Waals surface area contributed by atoms with Crippen LogP contribution in [0.25, 0.3) is 0 Å². The van der Waals surface area contributed by atoms with Crippen LogP contribution in [-0.2, 0) is 6.54 Å². The van der Waals surface area contributed by atoms with Crippen molar-refractivity contribution in [1.29, 1.82) is 0 Å². The van der Waals surface area contributed by atoms with E-state index in [4.69, 9.17) is 18.0 Å². The number of nitrogens with two attached hydrogens (primary N) is 1. The molecule has 4 heteroatoms.